The van der Waals surface area contributed by atoms with Crippen molar-refractivity contribution in [2.45, 2.75) is 25.9 Å². The van der Waals surface area contributed by atoms with Crippen molar-refractivity contribution in [2.75, 3.05) is 13.1 Å². The normalized spacial score (nSPS) is 15.7. The second-order valence-electron chi connectivity index (χ2n) is 5.85. The van der Waals surface area contributed by atoms with Crippen LogP contribution in [0.25, 0.3) is 0 Å². The van der Waals surface area contributed by atoms with Crippen LogP contribution in [-0.4, -0.2) is 40.1 Å². The van der Waals surface area contributed by atoms with E-state index in [9.17, 15) is 9.59 Å². The van der Waals surface area contributed by atoms with Crippen molar-refractivity contribution >= 4 is 5.91 Å². The molecule has 0 fully saturated rings. The summed E-state index contributed by atoms with van der Waals surface area (Å²) in [6.45, 7) is 4.55. The van der Waals surface area contributed by atoms with Crippen molar-refractivity contribution < 1.29 is 4.79 Å². The Morgan fingerprint density at radius 1 is 1.30 bits per heavy atom. The van der Waals surface area contributed by atoms with Crippen molar-refractivity contribution in [1.29, 1.82) is 0 Å². The highest BCUT2D eigenvalue weighted by molar-refractivity contribution is 5.91. The van der Waals surface area contributed by atoms with Gasteiger partial charge in [-0.3, -0.25) is 14.5 Å². The van der Waals surface area contributed by atoms with Crippen LogP contribution in [-0.2, 0) is 13.0 Å². The third-order valence-corrected chi connectivity index (χ3v) is 4.25. The molecule has 120 valence electrons. The number of rotatable bonds is 4. The number of hydrogen-bond donors (Lipinski definition) is 2. The van der Waals surface area contributed by atoms with E-state index in [4.69, 9.17) is 0 Å². The minimum atomic E-state index is -0.318. The number of aromatic amines is 1. The summed E-state index contributed by atoms with van der Waals surface area (Å²) in [5, 5.41) is 8.88. The van der Waals surface area contributed by atoms with E-state index >= 15 is 0 Å². The fourth-order valence-corrected chi connectivity index (χ4v) is 2.82. The molecule has 0 spiro atoms. The topological polar surface area (TPSA) is 78.1 Å². The third kappa shape index (κ3) is 3.65. The number of nitrogens with zero attached hydrogens (tertiary/aromatic N) is 2. The molecule has 23 heavy (non-hydrogen) atoms. The lowest BCUT2D eigenvalue weighted by atomic mass is 9.99. The molecule has 1 aliphatic heterocycles. The number of aromatic nitrogens is 2. The van der Waals surface area contributed by atoms with Gasteiger partial charge in [0.15, 0.2) is 0 Å². The first-order valence-corrected chi connectivity index (χ1v) is 7.78. The number of carbonyl (C=O) groups excluding carboxylic acids is 1. The Hall–Kier alpha value is -2.47. The molecule has 6 nitrogen and oxygen atoms in total. The molecule has 0 aliphatic carbocycles. The van der Waals surface area contributed by atoms with Crippen molar-refractivity contribution in [3.8, 4) is 0 Å². The van der Waals surface area contributed by atoms with Gasteiger partial charge in [0.1, 0.15) is 5.69 Å². The molecule has 1 aliphatic rings. The Kier molecular flexibility index (Phi) is 4.52. The van der Waals surface area contributed by atoms with Gasteiger partial charge in [-0.15, -0.1) is 0 Å². The van der Waals surface area contributed by atoms with Crippen LogP contribution >= 0.6 is 0 Å². The summed E-state index contributed by atoms with van der Waals surface area (Å²) >= 11 is 0. The summed E-state index contributed by atoms with van der Waals surface area (Å²) < 4.78 is 0. The smallest absolute Gasteiger partial charge is 0.271 e. The van der Waals surface area contributed by atoms with Crippen molar-refractivity contribution in [2.24, 2.45) is 0 Å². The molecule has 2 heterocycles. The van der Waals surface area contributed by atoms with E-state index in [1.165, 1.54) is 23.3 Å². The van der Waals surface area contributed by atoms with Crippen LogP contribution in [0.4, 0.5) is 0 Å². The fourth-order valence-electron chi connectivity index (χ4n) is 2.82. The minimum Gasteiger partial charge on any atom is -0.349 e. The maximum atomic E-state index is 12.0. The van der Waals surface area contributed by atoms with E-state index in [1.54, 1.807) is 0 Å². The second-order valence-corrected chi connectivity index (χ2v) is 5.85. The van der Waals surface area contributed by atoms with Crippen LogP contribution in [0.2, 0.25) is 0 Å². The number of benzene rings is 1. The number of nitrogens with one attached hydrogen (secondary N) is 2. The third-order valence-electron chi connectivity index (χ3n) is 4.25. The predicted molar refractivity (Wildman–Crippen MR) is 87.2 cm³/mol. The molecule has 0 radical (unpaired) electrons. The van der Waals surface area contributed by atoms with Gasteiger partial charge in [0.2, 0.25) is 0 Å². The number of carbonyl (C=O) groups is 1. The fraction of sp³-hybridized carbons (Fsp3) is 0.353. The SMILES string of the molecule is C[C@H](CNC(=O)c1ccc(=O)[nH]n1)N1CCc2ccccc2C1. The first-order valence-electron chi connectivity index (χ1n) is 7.78. The van der Waals surface area contributed by atoms with Crippen molar-refractivity contribution in [3.05, 3.63) is 63.6 Å². The van der Waals surface area contributed by atoms with Gasteiger partial charge in [-0.2, -0.15) is 5.10 Å². The Bertz CT molecular complexity index is 736. The molecule has 3 rings (SSSR count). The monoisotopic (exact) mass is 312 g/mol. The average molecular weight is 312 g/mol. The van der Waals surface area contributed by atoms with Crippen molar-refractivity contribution in [3.63, 3.8) is 0 Å². The predicted octanol–water partition coefficient (Wildman–Crippen LogP) is 0.947. The molecule has 1 aromatic carbocycles. The first-order chi connectivity index (χ1) is 11.1. The van der Waals surface area contributed by atoms with Gasteiger partial charge in [-0.25, -0.2) is 5.10 Å². The van der Waals surface area contributed by atoms with E-state index in [-0.39, 0.29) is 23.2 Å². The van der Waals surface area contributed by atoms with Crippen LogP contribution in [0, 0.1) is 0 Å². The number of H-pyrrole nitrogens is 1. The molecule has 1 amide bonds. The Morgan fingerprint density at radius 3 is 2.83 bits per heavy atom. The highest BCUT2D eigenvalue weighted by Gasteiger charge is 2.21. The van der Waals surface area contributed by atoms with Crippen LogP contribution in [0.1, 0.15) is 28.5 Å². The number of amides is 1. The Balaban J connectivity index is 1.56. The molecule has 2 aromatic rings. The van der Waals surface area contributed by atoms with Crippen LogP contribution in [0.15, 0.2) is 41.2 Å². The van der Waals surface area contributed by atoms with E-state index < -0.39 is 0 Å². The molecule has 2 N–H and O–H groups in total. The molecule has 0 saturated carbocycles. The molecular weight excluding hydrogens is 292 g/mol. The molecule has 6 heteroatoms. The summed E-state index contributed by atoms with van der Waals surface area (Å²) in [5.41, 5.74) is 2.68. The quantitative estimate of drug-likeness (QED) is 0.881. The van der Waals surface area contributed by atoms with Gasteiger partial charge in [-0.05, 0) is 30.5 Å². The van der Waals surface area contributed by atoms with E-state index in [0.29, 0.717) is 6.54 Å². The highest BCUT2D eigenvalue weighted by atomic mass is 16.2. The maximum Gasteiger partial charge on any atom is 0.271 e. The summed E-state index contributed by atoms with van der Waals surface area (Å²) in [6.07, 6.45) is 1.04. The average Bonchev–Trinajstić information content (AvgIpc) is 2.59. The Morgan fingerprint density at radius 2 is 2.09 bits per heavy atom. The minimum absolute atomic E-state index is 0.223. The zero-order chi connectivity index (χ0) is 16.2. The van der Waals surface area contributed by atoms with Gasteiger partial charge >= 0.3 is 0 Å². The van der Waals surface area contributed by atoms with Gasteiger partial charge < -0.3 is 5.32 Å². The maximum absolute atomic E-state index is 12.0. The highest BCUT2D eigenvalue weighted by Crippen LogP contribution is 2.19. The summed E-state index contributed by atoms with van der Waals surface area (Å²) in [7, 11) is 0. The zero-order valence-electron chi connectivity index (χ0n) is 13.1. The molecule has 0 bridgehead atoms. The van der Waals surface area contributed by atoms with E-state index in [0.717, 1.165) is 19.5 Å². The van der Waals surface area contributed by atoms with E-state index in [1.807, 2.05) is 0 Å². The van der Waals surface area contributed by atoms with Gasteiger partial charge in [-0.1, -0.05) is 24.3 Å². The van der Waals surface area contributed by atoms with Gasteiger partial charge in [0, 0.05) is 31.7 Å². The van der Waals surface area contributed by atoms with Crippen molar-refractivity contribution in [1.82, 2.24) is 20.4 Å². The first kappa shape index (κ1) is 15.4. The molecule has 0 unspecified atom stereocenters. The molecule has 1 atom stereocenters. The second kappa shape index (κ2) is 6.75. The number of hydrogen-bond acceptors (Lipinski definition) is 4. The summed E-state index contributed by atoms with van der Waals surface area (Å²) in [4.78, 5) is 25.4. The van der Waals surface area contributed by atoms with Crippen LogP contribution in [0.3, 0.4) is 0 Å². The summed E-state index contributed by atoms with van der Waals surface area (Å²) in [5.74, 6) is -0.273. The van der Waals surface area contributed by atoms with E-state index in [2.05, 4.69) is 51.6 Å². The van der Waals surface area contributed by atoms with Crippen LogP contribution in [0.5, 0.6) is 0 Å². The lowest BCUT2D eigenvalue weighted by molar-refractivity contribution is 0.0926. The molecular formula is C17H20N4O2. The molecule has 1 aromatic heterocycles. The lowest BCUT2D eigenvalue weighted by Crippen LogP contribution is -2.44. The molecule has 0 saturated heterocycles. The van der Waals surface area contributed by atoms with Gasteiger partial charge in [0.05, 0.1) is 0 Å². The van der Waals surface area contributed by atoms with Gasteiger partial charge in [0.25, 0.3) is 11.5 Å². The standard InChI is InChI=1S/C17H20N4O2/c1-12(10-18-17(23)15-6-7-16(22)20-19-15)21-9-8-13-4-2-3-5-14(13)11-21/h2-7,12H,8-11H2,1H3,(H,18,23)(H,20,22)/t12-/m1/s1. The summed E-state index contributed by atoms with van der Waals surface area (Å²) in [6, 6.07) is 11.4. The zero-order valence-corrected chi connectivity index (χ0v) is 13.1. The largest absolute Gasteiger partial charge is 0.349 e. The number of fused-ring (bicyclic) bond motifs is 1. The Labute approximate surface area is 134 Å². The van der Waals surface area contributed by atoms with Crippen LogP contribution < -0.4 is 10.9 Å². The lowest BCUT2D eigenvalue weighted by Gasteiger charge is -2.33.